The van der Waals surface area contributed by atoms with Crippen LogP contribution in [0, 0.1) is 0 Å². The van der Waals surface area contributed by atoms with E-state index in [1.807, 2.05) is 56.9 Å². The topological polar surface area (TPSA) is 64.4 Å². The Labute approximate surface area is 203 Å². The number of rotatable bonds is 7. The molecule has 0 radical (unpaired) electrons. The van der Waals surface area contributed by atoms with Crippen LogP contribution in [-0.2, 0) is 17.6 Å². The van der Waals surface area contributed by atoms with Gasteiger partial charge >= 0.3 is 0 Å². The number of nitrogens with zero attached hydrogens (tertiary/aromatic N) is 3. The van der Waals surface area contributed by atoms with Crippen LogP contribution in [0.5, 0.6) is 5.75 Å². The Morgan fingerprint density at radius 1 is 1.15 bits per heavy atom. The number of benzene rings is 1. The molecule has 4 rings (SSSR count). The molecule has 1 aliphatic rings. The number of fused-ring (bicyclic) bond motifs is 3. The van der Waals surface area contributed by atoms with E-state index in [2.05, 4.69) is 0 Å². The van der Waals surface area contributed by atoms with Gasteiger partial charge < -0.3 is 9.64 Å². The van der Waals surface area contributed by atoms with Crippen LogP contribution in [0.2, 0.25) is 0 Å². The monoisotopic (exact) mass is 485 g/mol. The van der Waals surface area contributed by atoms with Crippen LogP contribution in [0.3, 0.4) is 0 Å². The maximum absolute atomic E-state index is 13.8. The predicted molar refractivity (Wildman–Crippen MR) is 136 cm³/mol. The minimum absolute atomic E-state index is 0.0473. The van der Waals surface area contributed by atoms with E-state index in [0.29, 0.717) is 5.16 Å². The number of carbonyl (C=O) groups is 1. The molecule has 0 bridgehead atoms. The molecule has 0 fully saturated rings. The summed E-state index contributed by atoms with van der Waals surface area (Å²) < 4.78 is 6.95. The Kier molecular flexibility index (Phi) is 7.14. The molecule has 0 saturated heterocycles. The lowest BCUT2D eigenvalue weighted by molar-refractivity contribution is -0.131. The van der Waals surface area contributed by atoms with E-state index in [1.165, 1.54) is 22.2 Å². The van der Waals surface area contributed by atoms with Crippen LogP contribution in [0.4, 0.5) is 0 Å². The summed E-state index contributed by atoms with van der Waals surface area (Å²) in [6.07, 6.45) is 4.20. The van der Waals surface area contributed by atoms with Gasteiger partial charge in [-0.15, -0.1) is 11.3 Å². The van der Waals surface area contributed by atoms with Gasteiger partial charge in [0.2, 0.25) is 5.91 Å². The Balaban J connectivity index is 1.80. The third kappa shape index (κ3) is 4.68. The second-order valence-corrected chi connectivity index (χ2v) is 10.9. The van der Waals surface area contributed by atoms with Crippen LogP contribution in [0.15, 0.2) is 34.2 Å². The van der Waals surface area contributed by atoms with Gasteiger partial charge in [-0.1, -0.05) is 11.8 Å². The molecule has 8 heteroatoms. The third-order valence-electron chi connectivity index (χ3n) is 6.01. The van der Waals surface area contributed by atoms with Crippen molar-refractivity contribution in [2.45, 2.75) is 70.6 Å². The van der Waals surface area contributed by atoms with Gasteiger partial charge in [-0.2, -0.15) is 0 Å². The largest absolute Gasteiger partial charge is 0.497 e. The first-order valence-electron chi connectivity index (χ1n) is 11.5. The smallest absolute Gasteiger partial charge is 0.267 e. The Bertz CT molecular complexity index is 1200. The molecular formula is C25H31N3O3S2. The summed E-state index contributed by atoms with van der Waals surface area (Å²) in [5, 5.41) is 1.30. The summed E-state index contributed by atoms with van der Waals surface area (Å²) in [6.45, 7) is 8.10. The second kappa shape index (κ2) is 9.89. The van der Waals surface area contributed by atoms with E-state index >= 15 is 0 Å². The summed E-state index contributed by atoms with van der Waals surface area (Å²) >= 11 is 2.97. The summed E-state index contributed by atoms with van der Waals surface area (Å²) in [5.74, 6) is 1.00. The molecule has 0 N–H and O–H groups in total. The lowest BCUT2D eigenvalue weighted by atomic mass is 9.97. The van der Waals surface area contributed by atoms with E-state index in [-0.39, 0.29) is 29.3 Å². The van der Waals surface area contributed by atoms with Crippen molar-refractivity contribution in [1.82, 2.24) is 14.5 Å². The molecule has 0 aliphatic heterocycles. The maximum Gasteiger partial charge on any atom is 0.267 e. The molecule has 6 nitrogen and oxygen atoms in total. The lowest BCUT2D eigenvalue weighted by Gasteiger charge is -2.30. The quantitative estimate of drug-likeness (QED) is 0.345. The van der Waals surface area contributed by atoms with Crippen LogP contribution < -0.4 is 10.3 Å². The first-order chi connectivity index (χ1) is 15.8. The number of methoxy groups -OCH3 is 1. The van der Waals surface area contributed by atoms with Gasteiger partial charge in [0.1, 0.15) is 10.6 Å². The van der Waals surface area contributed by atoms with Gasteiger partial charge in [0, 0.05) is 17.0 Å². The fourth-order valence-electron chi connectivity index (χ4n) is 4.62. The maximum atomic E-state index is 13.8. The van der Waals surface area contributed by atoms with Crippen molar-refractivity contribution in [2.75, 3.05) is 12.9 Å². The van der Waals surface area contributed by atoms with Gasteiger partial charge in [0.25, 0.3) is 5.56 Å². The zero-order valence-corrected chi connectivity index (χ0v) is 21.5. The molecule has 0 spiro atoms. The Hall–Kier alpha value is -2.32. The number of thiophene rings is 1. The number of aryl methyl sites for hydroxylation is 2. The molecule has 176 valence electrons. The number of hydrogen-bond donors (Lipinski definition) is 0. The van der Waals surface area contributed by atoms with Gasteiger partial charge in [-0.05, 0) is 83.2 Å². The van der Waals surface area contributed by atoms with Gasteiger partial charge in [0.15, 0.2) is 5.16 Å². The predicted octanol–water partition coefficient (Wildman–Crippen LogP) is 5.07. The van der Waals surface area contributed by atoms with Gasteiger partial charge in [-0.25, -0.2) is 4.98 Å². The summed E-state index contributed by atoms with van der Waals surface area (Å²) in [5.41, 5.74) is 1.84. The van der Waals surface area contributed by atoms with Crippen LogP contribution in [0.25, 0.3) is 15.9 Å². The minimum atomic E-state index is -0.0518. The van der Waals surface area contributed by atoms with E-state index in [1.54, 1.807) is 23.0 Å². The van der Waals surface area contributed by atoms with E-state index in [9.17, 15) is 9.59 Å². The average molecular weight is 486 g/mol. The van der Waals surface area contributed by atoms with E-state index in [4.69, 9.17) is 9.72 Å². The van der Waals surface area contributed by atoms with Crippen molar-refractivity contribution in [3.63, 3.8) is 0 Å². The molecule has 1 aromatic carbocycles. The fraction of sp³-hybridized carbons (Fsp3) is 0.480. The molecule has 2 aromatic heterocycles. The Morgan fingerprint density at radius 2 is 1.82 bits per heavy atom. The van der Waals surface area contributed by atoms with Crippen molar-refractivity contribution in [2.24, 2.45) is 0 Å². The zero-order chi connectivity index (χ0) is 23.7. The average Bonchev–Trinajstić information content (AvgIpc) is 3.16. The molecule has 0 atom stereocenters. The molecule has 33 heavy (non-hydrogen) atoms. The fourth-order valence-corrected chi connectivity index (χ4v) is 6.80. The van der Waals surface area contributed by atoms with Crippen molar-refractivity contribution in [1.29, 1.82) is 0 Å². The van der Waals surface area contributed by atoms with Gasteiger partial charge in [0.05, 0.1) is 23.9 Å². The third-order valence-corrected chi connectivity index (χ3v) is 8.12. The number of ether oxygens (including phenoxy) is 1. The molecule has 0 saturated carbocycles. The number of carbonyl (C=O) groups excluding carboxylic acids is 1. The normalized spacial score (nSPS) is 13.5. The Morgan fingerprint density at radius 3 is 2.45 bits per heavy atom. The highest BCUT2D eigenvalue weighted by molar-refractivity contribution is 7.99. The van der Waals surface area contributed by atoms with Crippen LogP contribution in [0.1, 0.15) is 51.0 Å². The molecule has 0 unspecified atom stereocenters. The van der Waals surface area contributed by atoms with Crippen LogP contribution >= 0.6 is 23.1 Å². The number of amides is 1. The highest BCUT2D eigenvalue weighted by atomic mass is 32.2. The molecule has 1 amide bonds. The molecular weight excluding hydrogens is 454 g/mol. The number of aromatic nitrogens is 2. The first-order valence-corrected chi connectivity index (χ1v) is 13.3. The minimum Gasteiger partial charge on any atom is -0.497 e. The number of thioether (sulfide) groups is 1. The molecule has 1 aliphatic carbocycles. The van der Waals surface area contributed by atoms with Gasteiger partial charge in [-0.3, -0.25) is 14.2 Å². The van der Waals surface area contributed by atoms with Crippen molar-refractivity contribution in [3.8, 4) is 11.4 Å². The summed E-state index contributed by atoms with van der Waals surface area (Å²) in [7, 11) is 1.62. The number of hydrogen-bond acceptors (Lipinski definition) is 6. The highest BCUT2D eigenvalue weighted by Gasteiger charge is 2.25. The van der Waals surface area contributed by atoms with Crippen LogP contribution in [-0.4, -0.2) is 45.3 Å². The SMILES string of the molecule is COc1ccc(-n2c(SCC(=O)N(C(C)C)C(C)C)nc3sc4c(c3c2=O)CCCC4)cc1. The molecule has 2 heterocycles. The second-order valence-electron chi connectivity index (χ2n) is 8.90. The summed E-state index contributed by atoms with van der Waals surface area (Å²) in [4.78, 5) is 35.7. The van der Waals surface area contributed by atoms with E-state index in [0.717, 1.165) is 47.3 Å². The van der Waals surface area contributed by atoms with E-state index < -0.39 is 0 Å². The summed E-state index contributed by atoms with van der Waals surface area (Å²) in [6, 6.07) is 7.64. The first kappa shape index (κ1) is 23.8. The van der Waals surface area contributed by atoms with Crippen molar-refractivity contribution < 1.29 is 9.53 Å². The lowest BCUT2D eigenvalue weighted by Crippen LogP contribution is -2.43. The van der Waals surface area contributed by atoms with Crippen molar-refractivity contribution in [3.05, 3.63) is 45.1 Å². The molecule has 3 aromatic rings. The highest BCUT2D eigenvalue weighted by Crippen LogP contribution is 2.35. The van der Waals surface area contributed by atoms with Crippen molar-refractivity contribution >= 4 is 39.2 Å². The standard InChI is InChI=1S/C25H31N3O3S2/c1-15(2)27(16(3)4)21(29)14-32-25-26-23-22(19-8-6-7-9-20(19)33-23)24(30)28(25)17-10-12-18(31-5)13-11-17/h10-13,15-16H,6-9,14H2,1-5H3. The zero-order valence-electron chi connectivity index (χ0n) is 19.9.